The number of anilines is 1. The van der Waals surface area contributed by atoms with Crippen molar-refractivity contribution in [1.29, 1.82) is 0 Å². The summed E-state index contributed by atoms with van der Waals surface area (Å²) >= 11 is 9.68. The average Bonchev–Trinajstić information content (AvgIpc) is 2.81. The van der Waals surface area contributed by atoms with E-state index < -0.39 is 17.8 Å². The maximum atomic E-state index is 13.6. The monoisotopic (exact) mass is 556 g/mol. The van der Waals surface area contributed by atoms with Gasteiger partial charge in [-0.2, -0.15) is 0 Å². The molecule has 6 nitrogen and oxygen atoms in total. The normalized spacial score (nSPS) is 14.9. The molecule has 35 heavy (non-hydrogen) atoms. The summed E-state index contributed by atoms with van der Waals surface area (Å²) in [6, 6.07) is 13.6. The number of carbonyl (C=O) groups is 3. The first kappa shape index (κ1) is 24.6. The fourth-order valence-electron chi connectivity index (χ4n) is 3.80. The molecule has 0 spiro atoms. The molecular formula is C26H19BrClFN2O4. The number of ether oxygens (including phenoxy) is 1. The number of nitrogens with one attached hydrogen (secondary N) is 1. The predicted molar refractivity (Wildman–Crippen MR) is 135 cm³/mol. The predicted octanol–water partition coefficient (Wildman–Crippen LogP) is 5.82. The van der Waals surface area contributed by atoms with Crippen molar-refractivity contribution in [1.82, 2.24) is 5.32 Å². The van der Waals surface area contributed by atoms with Crippen LogP contribution in [-0.4, -0.2) is 25.0 Å². The lowest BCUT2D eigenvalue weighted by Gasteiger charge is -2.27. The van der Waals surface area contributed by atoms with Crippen molar-refractivity contribution in [2.45, 2.75) is 13.3 Å². The van der Waals surface area contributed by atoms with E-state index in [-0.39, 0.29) is 17.1 Å². The van der Waals surface area contributed by atoms with Gasteiger partial charge in [0.25, 0.3) is 11.8 Å². The van der Waals surface area contributed by atoms with Gasteiger partial charge in [0.1, 0.15) is 17.1 Å². The number of carbonyl (C=O) groups excluding carboxylic acids is 3. The molecule has 1 fully saturated rings. The van der Waals surface area contributed by atoms with E-state index in [2.05, 4.69) is 21.2 Å². The summed E-state index contributed by atoms with van der Waals surface area (Å²) in [4.78, 5) is 39.2. The second kappa shape index (κ2) is 10.0. The number of hydrogen-bond donors (Lipinski definition) is 1. The van der Waals surface area contributed by atoms with E-state index in [1.807, 2.05) is 0 Å². The van der Waals surface area contributed by atoms with Crippen LogP contribution in [0.1, 0.15) is 22.3 Å². The second-order valence-electron chi connectivity index (χ2n) is 7.83. The van der Waals surface area contributed by atoms with Crippen molar-refractivity contribution in [3.63, 3.8) is 0 Å². The molecule has 0 aliphatic carbocycles. The number of nitrogens with zero attached hydrogens (tertiary/aromatic N) is 1. The standard InChI is InChI=1S/C26H19BrClFN2O4/c1-14-21(28)7-4-8-22(14)31-25(33)19(24(32)30-26(31)34)11-16-12-20(27)18(23(13-16)35-2)10-15-5-3-6-17(29)9-15/h3-9,11-13H,10H2,1-2H3,(H,30,32,34)/b19-11+. The molecule has 1 heterocycles. The van der Waals surface area contributed by atoms with E-state index in [9.17, 15) is 18.8 Å². The van der Waals surface area contributed by atoms with Crippen molar-refractivity contribution in [2.75, 3.05) is 12.0 Å². The zero-order valence-corrected chi connectivity index (χ0v) is 21.0. The number of barbiturate groups is 1. The zero-order valence-electron chi connectivity index (χ0n) is 18.7. The molecule has 3 aromatic rings. The first-order valence-electron chi connectivity index (χ1n) is 10.5. The molecule has 1 saturated heterocycles. The highest BCUT2D eigenvalue weighted by atomic mass is 79.9. The van der Waals surface area contributed by atoms with Crippen molar-refractivity contribution >= 4 is 57.1 Å². The van der Waals surface area contributed by atoms with Gasteiger partial charge < -0.3 is 4.74 Å². The highest BCUT2D eigenvalue weighted by molar-refractivity contribution is 9.10. The number of rotatable bonds is 5. The average molecular weight is 558 g/mol. The molecule has 178 valence electrons. The molecule has 0 aromatic heterocycles. The van der Waals surface area contributed by atoms with Crippen LogP contribution in [0, 0.1) is 12.7 Å². The molecule has 1 aliphatic heterocycles. The molecule has 0 unspecified atom stereocenters. The zero-order chi connectivity index (χ0) is 25.3. The van der Waals surface area contributed by atoms with Crippen LogP contribution in [-0.2, 0) is 16.0 Å². The highest BCUT2D eigenvalue weighted by Crippen LogP contribution is 2.33. The molecule has 0 atom stereocenters. The summed E-state index contributed by atoms with van der Waals surface area (Å²) in [7, 11) is 1.49. The molecule has 1 aliphatic rings. The van der Waals surface area contributed by atoms with Gasteiger partial charge in [-0.25, -0.2) is 14.1 Å². The molecule has 1 N–H and O–H groups in total. The molecule has 0 saturated carbocycles. The highest BCUT2D eigenvalue weighted by Gasteiger charge is 2.37. The Morgan fingerprint density at radius 3 is 2.57 bits per heavy atom. The minimum atomic E-state index is -0.855. The van der Waals surface area contributed by atoms with Gasteiger partial charge in [0.15, 0.2) is 0 Å². The van der Waals surface area contributed by atoms with Crippen LogP contribution >= 0.6 is 27.5 Å². The fourth-order valence-corrected chi connectivity index (χ4v) is 4.57. The molecular weight excluding hydrogens is 539 g/mol. The Kier molecular flexibility index (Phi) is 7.05. The van der Waals surface area contributed by atoms with Gasteiger partial charge in [0, 0.05) is 21.5 Å². The summed E-state index contributed by atoms with van der Waals surface area (Å²) in [5, 5.41) is 2.59. The maximum Gasteiger partial charge on any atom is 0.335 e. The summed E-state index contributed by atoms with van der Waals surface area (Å²) in [5.41, 5.74) is 2.59. The molecule has 4 rings (SSSR count). The smallest absolute Gasteiger partial charge is 0.335 e. The number of methoxy groups -OCH3 is 1. The third-order valence-corrected chi connectivity index (χ3v) is 6.68. The van der Waals surface area contributed by atoms with Gasteiger partial charge in [-0.05, 0) is 66.1 Å². The first-order chi connectivity index (χ1) is 16.7. The van der Waals surface area contributed by atoms with Gasteiger partial charge in [-0.3, -0.25) is 14.9 Å². The summed E-state index contributed by atoms with van der Waals surface area (Å²) in [6.45, 7) is 1.68. The van der Waals surface area contributed by atoms with Crippen molar-refractivity contribution < 1.29 is 23.5 Å². The van der Waals surface area contributed by atoms with Gasteiger partial charge in [0.05, 0.1) is 12.8 Å². The maximum absolute atomic E-state index is 13.6. The third-order valence-electron chi connectivity index (χ3n) is 5.56. The van der Waals surface area contributed by atoms with E-state index in [0.29, 0.717) is 32.8 Å². The largest absolute Gasteiger partial charge is 0.496 e. The van der Waals surface area contributed by atoms with Crippen LogP contribution in [0.2, 0.25) is 5.02 Å². The summed E-state index contributed by atoms with van der Waals surface area (Å²) in [5.74, 6) is -1.44. The van der Waals surface area contributed by atoms with E-state index in [1.165, 1.54) is 25.3 Å². The lowest BCUT2D eigenvalue weighted by Crippen LogP contribution is -2.54. The number of hydrogen-bond acceptors (Lipinski definition) is 4. The molecule has 4 amide bonds. The number of urea groups is 1. The Hall–Kier alpha value is -3.49. The van der Waals surface area contributed by atoms with Crippen LogP contribution in [0.25, 0.3) is 6.08 Å². The van der Waals surface area contributed by atoms with Gasteiger partial charge in [0.2, 0.25) is 0 Å². The van der Waals surface area contributed by atoms with Gasteiger partial charge >= 0.3 is 6.03 Å². The molecule has 0 radical (unpaired) electrons. The Morgan fingerprint density at radius 1 is 1.11 bits per heavy atom. The molecule has 9 heteroatoms. The lowest BCUT2D eigenvalue weighted by molar-refractivity contribution is -0.122. The Labute approximate surface area is 214 Å². The van der Waals surface area contributed by atoms with E-state index >= 15 is 0 Å². The first-order valence-corrected chi connectivity index (χ1v) is 11.6. The topological polar surface area (TPSA) is 75.7 Å². The van der Waals surface area contributed by atoms with Crippen molar-refractivity contribution in [2.24, 2.45) is 0 Å². The van der Waals surface area contributed by atoms with E-state index in [1.54, 1.807) is 49.4 Å². The third kappa shape index (κ3) is 4.99. The Morgan fingerprint density at radius 2 is 1.86 bits per heavy atom. The number of benzene rings is 3. The SMILES string of the molecule is COc1cc(/C=C2\C(=O)NC(=O)N(c3cccc(Cl)c3C)C2=O)cc(Br)c1Cc1cccc(F)c1. The van der Waals surface area contributed by atoms with Crippen LogP contribution in [0.15, 0.2) is 64.6 Å². The van der Waals surface area contributed by atoms with Crippen LogP contribution in [0.4, 0.5) is 14.9 Å². The minimum Gasteiger partial charge on any atom is -0.496 e. The van der Waals surface area contributed by atoms with Crippen LogP contribution in [0.5, 0.6) is 5.75 Å². The quantitative estimate of drug-likeness (QED) is 0.317. The van der Waals surface area contributed by atoms with E-state index in [0.717, 1.165) is 16.0 Å². The summed E-state index contributed by atoms with van der Waals surface area (Å²) in [6.07, 6.45) is 1.78. The molecule has 0 bridgehead atoms. The van der Waals surface area contributed by atoms with Crippen LogP contribution < -0.4 is 15.0 Å². The molecule has 3 aromatic carbocycles. The van der Waals surface area contributed by atoms with Crippen molar-refractivity contribution in [3.8, 4) is 5.75 Å². The number of amides is 4. The van der Waals surface area contributed by atoms with E-state index in [4.69, 9.17) is 16.3 Å². The van der Waals surface area contributed by atoms with Crippen molar-refractivity contribution in [3.05, 3.63) is 97.7 Å². The van der Waals surface area contributed by atoms with Gasteiger partial charge in [-0.15, -0.1) is 0 Å². The Bertz CT molecular complexity index is 1410. The number of halogens is 3. The van der Waals surface area contributed by atoms with Crippen LogP contribution in [0.3, 0.4) is 0 Å². The van der Waals surface area contributed by atoms with Gasteiger partial charge in [-0.1, -0.05) is 45.7 Å². The lowest BCUT2D eigenvalue weighted by atomic mass is 10.00. The Balaban J connectivity index is 1.72. The minimum absolute atomic E-state index is 0.226. The number of imide groups is 2. The fraction of sp³-hybridized carbons (Fsp3) is 0.115. The summed E-state index contributed by atoms with van der Waals surface area (Å²) < 4.78 is 19.8. The second-order valence-corrected chi connectivity index (χ2v) is 9.09.